The van der Waals surface area contributed by atoms with Crippen molar-refractivity contribution in [2.75, 3.05) is 0 Å². The fourth-order valence-corrected chi connectivity index (χ4v) is 2.63. The first-order valence-electron chi connectivity index (χ1n) is 7.08. The number of aliphatic carboxylic acids is 2. The van der Waals surface area contributed by atoms with Gasteiger partial charge in [0.05, 0.1) is 12.8 Å². The lowest BCUT2D eigenvalue weighted by Gasteiger charge is -2.27. The first-order valence-corrected chi connectivity index (χ1v) is 7.08. The molecule has 0 bridgehead atoms. The summed E-state index contributed by atoms with van der Waals surface area (Å²) >= 11 is 0. The molecule has 1 aromatic carbocycles. The fourth-order valence-electron chi connectivity index (χ4n) is 2.63. The highest BCUT2D eigenvalue weighted by molar-refractivity contribution is 5.70. The van der Waals surface area contributed by atoms with Gasteiger partial charge in [-0.1, -0.05) is 20.8 Å². The van der Waals surface area contributed by atoms with Crippen LogP contribution < -0.4 is 0 Å². The molecule has 6 heteroatoms. The molecule has 0 aliphatic heterocycles. The minimum atomic E-state index is -1.02. The molecule has 0 spiro atoms. The van der Waals surface area contributed by atoms with Crippen molar-refractivity contribution in [1.29, 1.82) is 0 Å². The predicted octanol–water partition coefficient (Wildman–Crippen LogP) is 2.82. The van der Waals surface area contributed by atoms with Crippen LogP contribution in [0.5, 0.6) is 11.5 Å². The highest BCUT2D eigenvalue weighted by Crippen LogP contribution is 2.42. The number of rotatable bonds is 7. The molecule has 0 aliphatic rings. The molecule has 0 radical (unpaired) electrons. The molecule has 122 valence electrons. The summed E-state index contributed by atoms with van der Waals surface area (Å²) in [7, 11) is 0. The molecule has 1 atom stereocenters. The number of hydrogen-bond donors (Lipinski definition) is 4. The number of hydrogen-bond acceptors (Lipinski definition) is 4. The zero-order chi connectivity index (χ0) is 17.1. The first kappa shape index (κ1) is 17.8. The second-order valence-electron chi connectivity index (χ2n) is 6.09. The molecule has 4 N–H and O–H groups in total. The Morgan fingerprint density at radius 2 is 1.73 bits per heavy atom. The van der Waals surface area contributed by atoms with E-state index in [-0.39, 0.29) is 24.3 Å². The Hall–Kier alpha value is -2.24. The van der Waals surface area contributed by atoms with Crippen molar-refractivity contribution in [3.05, 3.63) is 23.3 Å². The van der Waals surface area contributed by atoms with E-state index in [9.17, 15) is 19.8 Å². The predicted molar refractivity (Wildman–Crippen MR) is 80.3 cm³/mol. The Morgan fingerprint density at radius 1 is 1.14 bits per heavy atom. The molecule has 6 nitrogen and oxygen atoms in total. The van der Waals surface area contributed by atoms with Gasteiger partial charge in [-0.3, -0.25) is 9.59 Å². The van der Waals surface area contributed by atoms with Crippen LogP contribution >= 0.6 is 0 Å². The Kier molecular flexibility index (Phi) is 5.41. The van der Waals surface area contributed by atoms with Crippen molar-refractivity contribution in [3.8, 4) is 11.5 Å². The third kappa shape index (κ3) is 4.13. The largest absolute Gasteiger partial charge is 0.508 e. The van der Waals surface area contributed by atoms with E-state index in [1.165, 1.54) is 12.1 Å². The lowest BCUT2D eigenvalue weighted by Crippen LogP contribution is -2.22. The van der Waals surface area contributed by atoms with E-state index >= 15 is 0 Å². The van der Waals surface area contributed by atoms with Gasteiger partial charge < -0.3 is 20.4 Å². The third-order valence-corrected chi connectivity index (χ3v) is 3.80. The average Bonchev–Trinajstić information content (AvgIpc) is 2.36. The van der Waals surface area contributed by atoms with Gasteiger partial charge in [0.1, 0.15) is 11.5 Å². The van der Waals surface area contributed by atoms with E-state index in [0.29, 0.717) is 17.5 Å². The average molecular weight is 310 g/mol. The van der Waals surface area contributed by atoms with Gasteiger partial charge in [-0.2, -0.15) is 0 Å². The zero-order valence-electron chi connectivity index (χ0n) is 13.0. The van der Waals surface area contributed by atoms with Gasteiger partial charge in [0.15, 0.2) is 0 Å². The van der Waals surface area contributed by atoms with Crippen molar-refractivity contribution >= 4 is 11.9 Å². The van der Waals surface area contributed by atoms with Crippen LogP contribution in [0.1, 0.15) is 57.1 Å². The van der Waals surface area contributed by atoms with Crippen molar-refractivity contribution in [2.45, 2.75) is 51.4 Å². The Bertz CT molecular complexity index is 576. The summed E-state index contributed by atoms with van der Waals surface area (Å²) in [5.41, 5.74) is -0.266. The second kappa shape index (κ2) is 6.68. The second-order valence-corrected chi connectivity index (χ2v) is 6.09. The van der Waals surface area contributed by atoms with Gasteiger partial charge in [0.25, 0.3) is 0 Å². The minimum Gasteiger partial charge on any atom is -0.508 e. The molecule has 1 rings (SSSR count). The Labute approximate surface area is 129 Å². The van der Waals surface area contributed by atoms with E-state index in [1.54, 1.807) is 20.8 Å². The SMILES string of the molecule is CCC(CC(=O)O)c1cc(O)cc(C(C)(C)CC(=O)O)c1O. The number of carboxylic acids is 2. The topological polar surface area (TPSA) is 115 Å². The van der Waals surface area contributed by atoms with Gasteiger partial charge >= 0.3 is 11.9 Å². The molecule has 0 saturated carbocycles. The van der Waals surface area contributed by atoms with Crippen LogP contribution in [0, 0.1) is 0 Å². The quantitative estimate of drug-likeness (QED) is 0.576. The first-order chi connectivity index (χ1) is 10.1. The van der Waals surface area contributed by atoms with E-state index in [2.05, 4.69) is 0 Å². The highest BCUT2D eigenvalue weighted by atomic mass is 16.4. The van der Waals surface area contributed by atoms with Crippen LogP contribution in [0.2, 0.25) is 0 Å². The summed E-state index contributed by atoms with van der Waals surface area (Å²) in [5, 5.41) is 38.3. The van der Waals surface area contributed by atoms with Crippen molar-refractivity contribution in [1.82, 2.24) is 0 Å². The fraction of sp³-hybridized carbons (Fsp3) is 0.500. The third-order valence-electron chi connectivity index (χ3n) is 3.80. The van der Waals surface area contributed by atoms with Gasteiger partial charge in [0.2, 0.25) is 0 Å². The zero-order valence-corrected chi connectivity index (χ0v) is 13.0. The monoisotopic (exact) mass is 310 g/mol. The van der Waals surface area contributed by atoms with E-state index < -0.39 is 23.3 Å². The van der Waals surface area contributed by atoms with E-state index in [1.807, 2.05) is 0 Å². The van der Waals surface area contributed by atoms with E-state index in [0.717, 1.165) is 0 Å². The van der Waals surface area contributed by atoms with Crippen molar-refractivity contribution < 1.29 is 30.0 Å². The molecule has 0 aliphatic carbocycles. The normalized spacial score (nSPS) is 12.9. The number of phenolic OH excluding ortho intramolecular Hbond substituents is 2. The molecule has 22 heavy (non-hydrogen) atoms. The number of aromatic hydroxyl groups is 2. The molecule has 0 aromatic heterocycles. The molecule has 0 amide bonds. The van der Waals surface area contributed by atoms with Crippen LogP contribution in [-0.2, 0) is 15.0 Å². The maximum atomic E-state index is 11.0. The van der Waals surface area contributed by atoms with Crippen LogP contribution in [0.4, 0.5) is 0 Å². The number of phenols is 2. The van der Waals surface area contributed by atoms with Crippen LogP contribution in [0.25, 0.3) is 0 Å². The Balaban J connectivity index is 3.38. The number of benzene rings is 1. The van der Waals surface area contributed by atoms with Gasteiger partial charge in [0, 0.05) is 16.5 Å². The molecule has 0 saturated heterocycles. The lowest BCUT2D eigenvalue weighted by molar-refractivity contribution is -0.138. The Morgan fingerprint density at radius 3 is 2.18 bits per heavy atom. The van der Waals surface area contributed by atoms with E-state index in [4.69, 9.17) is 10.2 Å². The maximum absolute atomic E-state index is 11.0. The smallest absolute Gasteiger partial charge is 0.304 e. The molecule has 0 heterocycles. The summed E-state index contributed by atoms with van der Waals surface area (Å²) in [6, 6.07) is 2.67. The molecule has 1 aromatic rings. The summed E-state index contributed by atoms with van der Waals surface area (Å²) < 4.78 is 0. The summed E-state index contributed by atoms with van der Waals surface area (Å²) in [5.74, 6) is -2.74. The minimum absolute atomic E-state index is 0.120. The lowest BCUT2D eigenvalue weighted by atomic mass is 9.78. The molecule has 1 unspecified atom stereocenters. The van der Waals surface area contributed by atoms with Crippen molar-refractivity contribution in [3.63, 3.8) is 0 Å². The standard InChI is InChI=1S/C16H22O6/c1-4-9(5-13(18)19)11-6-10(17)7-12(15(11)22)16(2,3)8-14(20)21/h6-7,9,17,22H,4-5,8H2,1-3H3,(H,18,19)(H,20,21). The van der Waals surface area contributed by atoms with Gasteiger partial charge in [-0.25, -0.2) is 0 Å². The summed E-state index contributed by atoms with van der Waals surface area (Å²) in [6.07, 6.45) is 0.0770. The summed E-state index contributed by atoms with van der Waals surface area (Å²) in [4.78, 5) is 21.9. The van der Waals surface area contributed by atoms with Crippen molar-refractivity contribution in [2.24, 2.45) is 0 Å². The van der Waals surface area contributed by atoms with Crippen LogP contribution in [0.15, 0.2) is 12.1 Å². The van der Waals surface area contributed by atoms with Crippen LogP contribution in [0.3, 0.4) is 0 Å². The maximum Gasteiger partial charge on any atom is 0.304 e. The number of carboxylic acid groups (broad SMARTS) is 2. The van der Waals surface area contributed by atoms with Crippen LogP contribution in [-0.4, -0.2) is 32.4 Å². The molecule has 0 fully saturated rings. The number of carbonyl (C=O) groups is 2. The summed E-state index contributed by atoms with van der Waals surface area (Å²) in [6.45, 7) is 5.09. The molecular formula is C16H22O6. The van der Waals surface area contributed by atoms with Gasteiger partial charge in [-0.15, -0.1) is 0 Å². The molecular weight excluding hydrogens is 288 g/mol. The van der Waals surface area contributed by atoms with Gasteiger partial charge in [-0.05, 0) is 24.5 Å². The highest BCUT2D eigenvalue weighted by Gasteiger charge is 2.30.